The predicted octanol–water partition coefficient (Wildman–Crippen LogP) is 4.59. The van der Waals surface area contributed by atoms with Crippen LogP contribution < -0.4 is 5.36 Å². The molecule has 0 N–H and O–H groups in total. The van der Waals surface area contributed by atoms with Crippen LogP contribution in [0.3, 0.4) is 0 Å². The van der Waals surface area contributed by atoms with Gasteiger partial charge in [-0.3, -0.25) is 4.79 Å². The van der Waals surface area contributed by atoms with Gasteiger partial charge in [-0.05, 0) is 31.2 Å². The Bertz CT molecular complexity index is 1120. The monoisotopic (exact) mass is 356 g/mol. The average Bonchev–Trinajstić information content (AvgIpc) is 2.71. The topological polar surface area (TPSA) is 43.6 Å². The number of nitrogens with zero attached hydrogens (tertiary/aromatic N) is 2. The summed E-state index contributed by atoms with van der Waals surface area (Å²) in [4.78, 5) is 17.1. The Balaban J connectivity index is 2.08. The molecule has 4 heteroatoms. The molecule has 0 saturated heterocycles. The maximum Gasteiger partial charge on any atom is 0.325 e. The molecule has 4 rings (SSSR count). The molecule has 0 aliphatic carbocycles. The number of carbonyl (C=O) groups excluding carboxylic acids is 1. The summed E-state index contributed by atoms with van der Waals surface area (Å²) in [6, 6.07) is 26.0. The molecule has 3 aromatic carbocycles. The summed E-state index contributed by atoms with van der Waals surface area (Å²) in [7, 11) is 0. The van der Waals surface area contributed by atoms with Gasteiger partial charge in [-0.25, -0.2) is 4.99 Å². The summed E-state index contributed by atoms with van der Waals surface area (Å²) in [5.41, 5.74) is 2.81. The van der Waals surface area contributed by atoms with Crippen molar-refractivity contribution >= 4 is 33.5 Å². The maximum absolute atomic E-state index is 12.2. The van der Waals surface area contributed by atoms with E-state index in [1.54, 1.807) is 0 Å². The molecule has 4 aromatic rings. The first-order valence-corrected chi connectivity index (χ1v) is 9.03. The third-order valence-corrected chi connectivity index (χ3v) is 4.49. The number of rotatable bonds is 4. The van der Waals surface area contributed by atoms with Crippen LogP contribution in [0, 0.1) is 0 Å². The fourth-order valence-corrected chi connectivity index (χ4v) is 3.35. The van der Waals surface area contributed by atoms with Crippen molar-refractivity contribution in [1.82, 2.24) is 4.57 Å². The Morgan fingerprint density at radius 1 is 0.852 bits per heavy atom. The van der Waals surface area contributed by atoms with Gasteiger partial charge >= 0.3 is 5.97 Å². The van der Waals surface area contributed by atoms with Gasteiger partial charge in [0.2, 0.25) is 0 Å². The Morgan fingerprint density at radius 3 is 2.00 bits per heavy atom. The van der Waals surface area contributed by atoms with Crippen molar-refractivity contribution in [2.24, 2.45) is 4.99 Å². The van der Waals surface area contributed by atoms with Gasteiger partial charge in [-0.1, -0.05) is 54.6 Å². The van der Waals surface area contributed by atoms with Crippen molar-refractivity contribution in [2.45, 2.75) is 13.5 Å². The third-order valence-electron chi connectivity index (χ3n) is 4.49. The zero-order valence-corrected chi connectivity index (χ0v) is 15.1. The van der Waals surface area contributed by atoms with Crippen molar-refractivity contribution in [2.75, 3.05) is 6.61 Å². The van der Waals surface area contributed by atoms with Gasteiger partial charge in [0.25, 0.3) is 0 Å². The normalized spacial score (nSPS) is 10.9. The highest BCUT2D eigenvalue weighted by Crippen LogP contribution is 2.21. The quantitative estimate of drug-likeness (QED) is 0.396. The lowest BCUT2D eigenvalue weighted by atomic mass is 10.1. The van der Waals surface area contributed by atoms with Crippen LogP contribution in [0.25, 0.3) is 21.8 Å². The molecule has 1 aromatic heterocycles. The second kappa shape index (κ2) is 7.46. The number of esters is 1. The number of ether oxygens (including phenoxy) is 1. The Labute approximate surface area is 157 Å². The van der Waals surface area contributed by atoms with Crippen molar-refractivity contribution in [3.05, 3.63) is 84.2 Å². The van der Waals surface area contributed by atoms with E-state index < -0.39 is 0 Å². The standard InChI is InChI=1S/C23H20N2O2/c1-2-27-22(26)16-25-20-14-8-6-12-18(20)23(19-13-7-9-15-21(19)25)24-17-10-4-3-5-11-17/h3-15H,2,16H2,1H3. The van der Waals surface area contributed by atoms with Crippen LogP contribution in [0.2, 0.25) is 0 Å². The summed E-state index contributed by atoms with van der Waals surface area (Å²) in [5, 5.41) is 2.92. The molecule has 0 radical (unpaired) electrons. The number of aromatic nitrogens is 1. The highest BCUT2D eigenvalue weighted by molar-refractivity contribution is 5.94. The molecule has 0 unspecified atom stereocenters. The lowest BCUT2D eigenvalue weighted by Gasteiger charge is -2.15. The summed E-state index contributed by atoms with van der Waals surface area (Å²) >= 11 is 0. The fraction of sp³-hybridized carbons (Fsp3) is 0.130. The Morgan fingerprint density at radius 2 is 1.41 bits per heavy atom. The predicted molar refractivity (Wildman–Crippen MR) is 108 cm³/mol. The maximum atomic E-state index is 12.2. The number of pyridine rings is 1. The number of fused-ring (bicyclic) bond motifs is 2. The molecule has 1 heterocycles. The van der Waals surface area contributed by atoms with E-state index in [-0.39, 0.29) is 12.5 Å². The van der Waals surface area contributed by atoms with Gasteiger partial charge < -0.3 is 9.30 Å². The Hall–Kier alpha value is -3.40. The summed E-state index contributed by atoms with van der Waals surface area (Å²) in [6.45, 7) is 2.36. The molecule has 27 heavy (non-hydrogen) atoms. The minimum absolute atomic E-state index is 0.167. The van der Waals surface area contributed by atoms with Gasteiger partial charge in [0.15, 0.2) is 0 Å². The average molecular weight is 356 g/mol. The van der Waals surface area contributed by atoms with Crippen molar-refractivity contribution in [3.8, 4) is 0 Å². The first kappa shape index (κ1) is 17.0. The SMILES string of the molecule is CCOC(=O)Cn1c2ccccc2c(=Nc2ccccc2)c2ccccc21. The summed E-state index contributed by atoms with van der Waals surface area (Å²) in [6.07, 6.45) is 0. The highest BCUT2D eigenvalue weighted by Gasteiger charge is 2.12. The minimum Gasteiger partial charge on any atom is -0.465 e. The van der Waals surface area contributed by atoms with Crippen LogP contribution >= 0.6 is 0 Å². The van der Waals surface area contributed by atoms with Crippen molar-refractivity contribution in [3.63, 3.8) is 0 Å². The number of carbonyl (C=O) groups is 1. The second-order valence-electron chi connectivity index (χ2n) is 6.22. The van der Waals surface area contributed by atoms with E-state index in [0.717, 1.165) is 32.9 Å². The molecule has 0 atom stereocenters. The van der Waals surface area contributed by atoms with Crippen molar-refractivity contribution in [1.29, 1.82) is 0 Å². The van der Waals surface area contributed by atoms with Crippen LogP contribution in [0.1, 0.15) is 6.92 Å². The van der Waals surface area contributed by atoms with Gasteiger partial charge in [-0.2, -0.15) is 0 Å². The molecule has 0 fully saturated rings. The third kappa shape index (κ3) is 3.34. The van der Waals surface area contributed by atoms with E-state index >= 15 is 0 Å². The highest BCUT2D eigenvalue weighted by atomic mass is 16.5. The molecule has 0 saturated carbocycles. The van der Waals surface area contributed by atoms with E-state index in [1.807, 2.05) is 90.4 Å². The van der Waals surface area contributed by atoms with Gasteiger partial charge in [0.1, 0.15) is 6.54 Å². The molecule has 0 spiro atoms. The minimum atomic E-state index is -0.245. The van der Waals surface area contributed by atoms with E-state index in [4.69, 9.17) is 9.73 Å². The molecule has 0 aliphatic rings. The van der Waals surface area contributed by atoms with Crippen LogP contribution in [0.5, 0.6) is 0 Å². The lowest BCUT2D eigenvalue weighted by Crippen LogP contribution is -2.18. The van der Waals surface area contributed by atoms with Gasteiger partial charge in [-0.15, -0.1) is 0 Å². The van der Waals surface area contributed by atoms with E-state index in [2.05, 4.69) is 0 Å². The second-order valence-corrected chi connectivity index (χ2v) is 6.22. The van der Waals surface area contributed by atoms with Gasteiger partial charge in [0, 0.05) is 10.8 Å². The zero-order valence-electron chi connectivity index (χ0n) is 15.1. The lowest BCUT2D eigenvalue weighted by molar-refractivity contribution is -0.143. The van der Waals surface area contributed by atoms with E-state index in [1.165, 1.54) is 0 Å². The van der Waals surface area contributed by atoms with E-state index in [9.17, 15) is 4.79 Å². The van der Waals surface area contributed by atoms with Crippen LogP contribution in [0.4, 0.5) is 5.69 Å². The van der Waals surface area contributed by atoms with Crippen LogP contribution in [0.15, 0.2) is 83.9 Å². The smallest absolute Gasteiger partial charge is 0.325 e. The van der Waals surface area contributed by atoms with Gasteiger partial charge in [0.05, 0.1) is 28.7 Å². The first-order valence-electron chi connectivity index (χ1n) is 9.03. The molecule has 4 nitrogen and oxygen atoms in total. The number of benzene rings is 3. The molecular formula is C23H20N2O2. The molecule has 0 amide bonds. The number of hydrogen-bond donors (Lipinski definition) is 0. The fourth-order valence-electron chi connectivity index (χ4n) is 3.35. The summed E-state index contributed by atoms with van der Waals surface area (Å²) < 4.78 is 7.19. The first-order chi connectivity index (χ1) is 13.3. The molecular weight excluding hydrogens is 336 g/mol. The Kier molecular flexibility index (Phi) is 4.71. The molecule has 0 bridgehead atoms. The number of para-hydroxylation sites is 3. The molecule has 0 aliphatic heterocycles. The molecule has 134 valence electrons. The van der Waals surface area contributed by atoms with Crippen LogP contribution in [-0.4, -0.2) is 17.1 Å². The number of hydrogen-bond acceptors (Lipinski definition) is 3. The summed E-state index contributed by atoms with van der Waals surface area (Å²) in [5.74, 6) is -0.245. The van der Waals surface area contributed by atoms with Crippen molar-refractivity contribution < 1.29 is 9.53 Å². The van der Waals surface area contributed by atoms with Crippen LogP contribution in [-0.2, 0) is 16.1 Å². The largest absolute Gasteiger partial charge is 0.465 e. The van der Waals surface area contributed by atoms with E-state index in [0.29, 0.717) is 6.61 Å². The zero-order chi connectivity index (χ0) is 18.6.